The Kier molecular flexibility index (Phi) is 4.88. The van der Waals surface area contributed by atoms with Crippen LogP contribution in [0.4, 0.5) is 5.69 Å². The van der Waals surface area contributed by atoms with Crippen molar-refractivity contribution in [3.8, 4) is 0 Å². The van der Waals surface area contributed by atoms with Crippen molar-refractivity contribution in [3.63, 3.8) is 0 Å². The first-order valence-corrected chi connectivity index (χ1v) is 9.92. The lowest BCUT2D eigenvalue weighted by molar-refractivity contribution is -0.130. The predicted octanol–water partition coefficient (Wildman–Crippen LogP) is 0.727. The Morgan fingerprint density at radius 1 is 1.00 bits per heavy atom. The van der Waals surface area contributed by atoms with Gasteiger partial charge in [-0.05, 0) is 44.9 Å². The Labute approximate surface area is 158 Å². The van der Waals surface area contributed by atoms with Crippen molar-refractivity contribution in [2.24, 2.45) is 18.9 Å². The smallest absolute Gasteiger partial charge is 0.249 e. The predicted molar refractivity (Wildman–Crippen MR) is 98.7 cm³/mol. The van der Waals surface area contributed by atoms with E-state index >= 15 is 0 Å². The van der Waals surface area contributed by atoms with Crippen LogP contribution in [-0.4, -0.2) is 46.1 Å². The Balaban J connectivity index is 1.25. The molecule has 2 N–H and O–H groups in total. The molecule has 1 unspecified atom stereocenters. The molecular formula is C19H27N5O3. The first-order valence-electron chi connectivity index (χ1n) is 9.92. The zero-order valence-electron chi connectivity index (χ0n) is 15.7. The largest absolute Gasteiger partial charge is 0.353 e. The minimum Gasteiger partial charge on any atom is -0.353 e. The summed E-state index contributed by atoms with van der Waals surface area (Å²) in [6, 6.07) is -0.263. The Hall–Kier alpha value is -2.38. The van der Waals surface area contributed by atoms with Gasteiger partial charge in [0.2, 0.25) is 17.7 Å². The van der Waals surface area contributed by atoms with E-state index in [2.05, 4.69) is 15.7 Å². The van der Waals surface area contributed by atoms with E-state index in [0.29, 0.717) is 13.0 Å². The van der Waals surface area contributed by atoms with Gasteiger partial charge in [0.25, 0.3) is 0 Å². The second kappa shape index (κ2) is 7.32. The number of anilines is 1. The fourth-order valence-corrected chi connectivity index (χ4v) is 4.07. The van der Waals surface area contributed by atoms with E-state index in [9.17, 15) is 14.4 Å². The lowest BCUT2D eigenvalue weighted by Crippen LogP contribution is -2.46. The van der Waals surface area contributed by atoms with E-state index in [1.807, 2.05) is 7.05 Å². The number of carbonyl (C=O) groups excluding carboxylic acids is 3. The average Bonchev–Trinajstić information content (AvgIpc) is 3.34. The maximum absolute atomic E-state index is 12.6. The van der Waals surface area contributed by atoms with Crippen LogP contribution in [0.5, 0.6) is 0 Å². The zero-order chi connectivity index (χ0) is 19.0. The molecule has 1 saturated heterocycles. The van der Waals surface area contributed by atoms with Crippen molar-refractivity contribution in [1.29, 1.82) is 0 Å². The minimum absolute atomic E-state index is 0.0339. The SMILES string of the molecule is Cn1cc(N2CCC(NC(=O)C3CCC(NC(=O)C4CC4)CC3)C2=O)cn1. The summed E-state index contributed by atoms with van der Waals surface area (Å²) in [6.45, 7) is 0.593. The third-order valence-electron chi connectivity index (χ3n) is 5.92. The lowest BCUT2D eigenvalue weighted by atomic mass is 9.85. The van der Waals surface area contributed by atoms with Crippen LogP contribution in [0.1, 0.15) is 44.9 Å². The third kappa shape index (κ3) is 3.99. The lowest BCUT2D eigenvalue weighted by Gasteiger charge is -2.29. The normalized spacial score (nSPS) is 28.3. The van der Waals surface area contributed by atoms with E-state index in [0.717, 1.165) is 44.2 Å². The van der Waals surface area contributed by atoms with Gasteiger partial charge in [0.1, 0.15) is 6.04 Å². The molecule has 0 bridgehead atoms. The highest BCUT2D eigenvalue weighted by molar-refractivity contribution is 6.01. The highest BCUT2D eigenvalue weighted by atomic mass is 16.2. The molecule has 1 aromatic rings. The van der Waals surface area contributed by atoms with Crippen LogP contribution in [0.2, 0.25) is 0 Å². The molecule has 2 saturated carbocycles. The minimum atomic E-state index is -0.454. The average molecular weight is 373 g/mol. The van der Waals surface area contributed by atoms with Gasteiger partial charge in [-0.15, -0.1) is 0 Å². The van der Waals surface area contributed by atoms with Gasteiger partial charge >= 0.3 is 0 Å². The zero-order valence-corrected chi connectivity index (χ0v) is 15.7. The highest BCUT2D eigenvalue weighted by Crippen LogP contribution is 2.31. The molecule has 1 aliphatic heterocycles. The number of carbonyl (C=O) groups is 3. The molecule has 0 radical (unpaired) electrons. The van der Waals surface area contributed by atoms with Crippen LogP contribution in [0, 0.1) is 11.8 Å². The van der Waals surface area contributed by atoms with Crippen molar-refractivity contribution in [2.45, 2.75) is 57.0 Å². The number of aryl methyl sites for hydroxylation is 1. The van der Waals surface area contributed by atoms with Crippen LogP contribution in [0.3, 0.4) is 0 Å². The summed E-state index contributed by atoms with van der Waals surface area (Å²) in [4.78, 5) is 38.8. The van der Waals surface area contributed by atoms with E-state index in [4.69, 9.17) is 0 Å². The number of amides is 3. The molecule has 8 heteroatoms. The first-order chi connectivity index (χ1) is 13.0. The van der Waals surface area contributed by atoms with E-state index in [-0.39, 0.29) is 35.6 Å². The number of hydrogen-bond donors (Lipinski definition) is 2. The Morgan fingerprint density at radius 2 is 1.63 bits per heavy atom. The van der Waals surface area contributed by atoms with E-state index < -0.39 is 6.04 Å². The van der Waals surface area contributed by atoms with Crippen molar-refractivity contribution in [2.75, 3.05) is 11.4 Å². The van der Waals surface area contributed by atoms with Gasteiger partial charge in [0.15, 0.2) is 0 Å². The Bertz CT molecular complexity index is 733. The summed E-state index contributed by atoms with van der Waals surface area (Å²) >= 11 is 0. The molecule has 4 rings (SSSR count). The van der Waals surface area contributed by atoms with Gasteiger partial charge in [-0.2, -0.15) is 5.10 Å². The number of aromatic nitrogens is 2. The molecule has 2 aliphatic carbocycles. The number of hydrogen-bond acceptors (Lipinski definition) is 4. The molecule has 1 aromatic heterocycles. The maximum atomic E-state index is 12.6. The topological polar surface area (TPSA) is 96.3 Å². The molecule has 8 nitrogen and oxygen atoms in total. The molecular weight excluding hydrogens is 346 g/mol. The van der Waals surface area contributed by atoms with Crippen LogP contribution in [0.15, 0.2) is 12.4 Å². The van der Waals surface area contributed by atoms with Gasteiger partial charge < -0.3 is 15.5 Å². The first kappa shape index (κ1) is 18.0. The quantitative estimate of drug-likeness (QED) is 0.795. The van der Waals surface area contributed by atoms with Gasteiger partial charge in [0, 0.05) is 37.7 Å². The molecule has 146 valence electrons. The van der Waals surface area contributed by atoms with Crippen LogP contribution in [-0.2, 0) is 21.4 Å². The second-order valence-corrected chi connectivity index (χ2v) is 8.04. The van der Waals surface area contributed by atoms with Crippen molar-refractivity contribution < 1.29 is 14.4 Å². The second-order valence-electron chi connectivity index (χ2n) is 8.04. The molecule has 2 heterocycles. The molecule has 3 amide bonds. The molecule has 3 fully saturated rings. The van der Waals surface area contributed by atoms with Crippen molar-refractivity contribution in [3.05, 3.63) is 12.4 Å². The van der Waals surface area contributed by atoms with Gasteiger partial charge in [-0.3, -0.25) is 19.1 Å². The van der Waals surface area contributed by atoms with Gasteiger partial charge in [0.05, 0.1) is 11.9 Å². The fourth-order valence-electron chi connectivity index (χ4n) is 4.07. The summed E-state index contributed by atoms with van der Waals surface area (Å²) in [7, 11) is 1.81. The summed E-state index contributed by atoms with van der Waals surface area (Å²) in [5.74, 6) is 0.228. The van der Waals surface area contributed by atoms with Crippen molar-refractivity contribution in [1.82, 2.24) is 20.4 Å². The van der Waals surface area contributed by atoms with Crippen LogP contribution < -0.4 is 15.5 Å². The Morgan fingerprint density at radius 3 is 2.22 bits per heavy atom. The molecule has 27 heavy (non-hydrogen) atoms. The third-order valence-corrected chi connectivity index (χ3v) is 5.92. The molecule has 1 atom stereocenters. The standard InChI is InChI=1S/C19H27N5O3/c1-23-11-15(10-20-23)24-9-8-16(19(24)27)22-18(26)13-4-6-14(7-5-13)21-17(25)12-2-3-12/h10-14,16H,2-9H2,1H3,(H,21,25)(H,22,26). The van der Waals surface area contributed by atoms with Crippen molar-refractivity contribution >= 4 is 23.4 Å². The molecule has 0 spiro atoms. The molecule has 0 aromatic carbocycles. The monoisotopic (exact) mass is 373 g/mol. The number of nitrogens with zero attached hydrogens (tertiary/aromatic N) is 3. The summed E-state index contributed by atoms with van der Waals surface area (Å²) < 4.78 is 1.66. The summed E-state index contributed by atoms with van der Waals surface area (Å²) in [5.41, 5.74) is 0.770. The number of nitrogens with one attached hydrogen (secondary N) is 2. The van der Waals surface area contributed by atoms with Crippen LogP contribution >= 0.6 is 0 Å². The van der Waals surface area contributed by atoms with E-state index in [1.54, 1.807) is 22.0 Å². The van der Waals surface area contributed by atoms with E-state index in [1.165, 1.54) is 0 Å². The van der Waals surface area contributed by atoms with Gasteiger partial charge in [-0.25, -0.2) is 0 Å². The molecule has 3 aliphatic rings. The van der Waals surface area contributed by atoms with Crippen LogP contribution in [0.25, 0.3) is 0 Å². The van der Waals surface area contributed by atoms with Gasteiger partial charge in [-0.1, -0.05) is 0 Å². The maximum Gasteiger partial charge on any atom is 0.249 e. The summed E-state index contributed by atoms with van der Waals surface area (Å²) in [6.07, 6.45) is 9.28. The highest BCUT2D eigenvalue weighted by Gasteiger charge is 2.37. The summed E-state index contributed by atoms with van der Waals surface area (Å²) in [5, 5.41) is 10.2. The number of rotatable bonds is 5. The fraction of sp³-hybridized carbons (Fsp3) is 0.684.